The zero-order chi connectivity index (χ0) is 23.4. The van der Waals surface area contributed by atoms with E-state index in [-0.39, 0.29) is 17.7 Å². The third-order valence-corrected chi connectivity index (χ3v) is 7.13. The Morgan fingerprint density at radius 3 is 2.61 bits per heavy atom. The first kappa shape index (κ1) is 23.6. The van der Waals surface area contributed by atoms with Crippen LogP contribution in [0.3, 0.4) is 0 Å². The number of alkyl halides is 3. The molecule has 2 aromatic rings. The lowest BCUT2D eigenvalue weighted by atomic mass is 9.86. The molecule has 0 amide bonds. The molecule has 1 fully saturated rings. The summed E-state index contributed by atoms with van der Waals surface area (Å²) in [5.41, 5.74) is 1.88. The maximum atomic E-state index is 12.7. The van der Waals surface area contributed by atoms with Crippen LogP contribution in [-0.2, 0) is 6.54 Å². The largest absolute Gasteiger partial charge is 0.573 e. The van der Waals surface area contributed by atoms with Gasteiger partial charge in [0.15, 0.2) is 0 Å². The minimum Gasteiger partial charge on any atom is -0.496 e. The number of piperidine rings is 1. The maximum Gasteiger partial charge on any atom is 0.573 e. The van der Waals surface area contributed by atoms with Crippen molar-refractivity contribution in [3.05, 3.63) is 70.9 Å². The molecule has 0 radical (unpaired) electrons. The van der Waals surface area contributed by atoms with E-state index in [0.717, 1.165) is 25.4 Å². The summed E-state index contributed by atoms with van der Waals surface area (Å²) in [5.74, 6) is 1.48. The number of halogens is 3. The fraction of sp³-hybridized carbons (Fsp3) is 0.417. The molecule has 2 aromatic carbocycles. The van der Waals surface area contributed by atoms with E-state index in [0.29, 0.717) is 17.9 Å². The van der Waals surface area contributed by atoms with E-state index in [1.165, 1.54) is 35.9 Å². The summed E-state index contributed by atoms with van der Waals surface area (Å²) in [5, 5.41) is 4.88. The van der Waals surface area contributed by atoms with E-state index < -0.39 is 6.36 Å². The molecule has 33 heavy (non-hydrogen) atoms. The molecule has 0 aromatic heterocycles. The third kappa shape index (κ3) is 6.09. The predicted octanol–water partition coefficient (Wildman–Crippen LogP) is 4.98. The van der Waals surface area contributed by atoms with Crippen LogP contribution in [0.2, 0.25) is 0 Å². The predicted molar refractivity (Wildman–Crippen MR) is 124 cm³/mol. The van der Waals surface area contributed by atoms with Crippen LogP contribution in [0.5, 0.6) is 11.5 Å². The number of hydrogen-bond donors (Lipinski definition) is 1. The number of methoxy groups -OCH3 is 1. The van der Waals surface area contributed by atoms with Gasteiger partial charge in [-0.2, -0.15) is 0 Å². The van der Waals surface area contributed by atoms with Gasteiger partial charge in [-0.25, -0.2) is 0 Å². The van der Waals surface area contributed by atoms with Crippen molar-refractivity contribution >= 4 is 11.8 Å². The summed E-state index contributed by atoms with van der Waals surface area (Å²) in [7, 11) is 3.59. The SMILES string of the molecule is COc1ccc(OC(F)(F)F)cc1CNC1CCN(C2=CN(C)CS2)CC1c1ccccc1. The summed E-state index contributed by atoms with van der Waals surface area (Å²) in [6.45, 7) is 2.18. The molecular weight excluding hydrogens is 451 g/mol. The van der Waals surface area contributed by atoms with Crippen LogP contribution < -0.4 is 14.8 Å². The lowest BCUT2D eigenvalue weighted by Gasteiger charge is -2.40. The summed E-state index contributed by atoms with van der Waals surface area (Å²) < 4.78 is 47.5. The molecule has 2 heterocycles. The summed E-state index contributed by atoms with van der Waals surface area (Å²) in [4.78, 5) is 4.62. The molecule has 2 aliphatic heterocycles. The number of hydrogen-bond acceptors (Lipinski definition) is 6. The highest BCUT2D eigenvalue weighted by Gasteiger charge is 2.33. The van der Waals surface area contributed by atoms with Crippen LogP contribution in [0.4, 0.5) is 13.2 Å². The van der Waals surface area contributed by atoms with E-state index in [9.17, 15) is 13.2 Å². The zero-order valence-electron chi connectivity index (χ0n) is 18.6. The van der Waals surface area contributed by atoms with Gasteiger partial charge in [-0.15, -0.1) is 13.2 Å². The van der Waals surface area contributed by atoms with Crippen LogP contribution in [0.25, 0.3) is 0 Å². The highest BCUT2D eigenvalue weighted by atomic mass is 32.2. The molecule has 2 unspecified atom stereocenters. The Morgan fingerprint density at radius 2 is 1.94 bits per heavy atom. The minimum atomic E-state index is -4.73. The van der Waals surface area contributed by atoms with E-state index in [4.69, 9.17) is 4.74 Å². The monoisotopic (exact) mass is 479 g/mol. The Balaban J connectivity index is 1.51. The van der Waals surface area contributed by atoms with E-state index >= 15 is 0 Å². The van der Waals surface area contributed by atoms with Crippen molar-refractivity contribution in [2.45, 2.75) is 31.3 Å². The summed E-state index contributed by atoms with van der Waals surface area (Å²) in [6, 6.07) is 14.7. The van der Waals surface area contributed by atoms with E-state index in [1.807, 2.05) is 30.0 Å². The van der Waals surface area contributed by atoms with Crippen molar-refractivity contribution in [1.29, 1.82) is 0 Å². The molecule has 2 aliphatic rings. The van der Waals surface area contributed by atoms with Crippen molar-refractivity contribution in [3.63, 3.8) is 0 Å². The van der Waals surface area contributed by atoms with Crippen molar-refractivity contribution in [2.24, 2.45) is 0 Å². The molecule has 1 saturated heterocycles. The molecule has 178 valence electrons. The van der Waals surface area contributed by atoms with Crippen LogP contribution >= 0.6 is 11.8 Å². The Bertz CT molecular complexity index is 971. The topological polar surface area (TPSA) is 37.0 Å². The number of likely N-dealkylation sites (tertiary alicyclic amines) is 1. The van der Waals surface area contributed by atoms with Crippen LogP contribution in [0.1, 0.15) is 23.5 Å². The Hall–Kier alpha value is -2.52. The average molecular weight is 480 g/mol. The first-order chi connectivity index (χ1) is 15.8. The average Bonchev–Trinajstić information content (AvgIpc) is 3.23. The second kappa shape index (κ2) is 10.2. The normalized spacial score (nSPS) is 21.2. The Labute approximate surface area is 196 Å². The number of nitrogens with zero attached hydrogens (tertiary/aromatic N) is 2. The van der Waals surface area contributed by atoms with Gasteiger partial charge >= 0.3 is 6.36 Å². The van der Waals surface area contributed by atoms with Gasteiger partial charge in [-0.05, 0) is 30.2 Å². The molecule has 2 atom stereocenters. The molecule has 0 spiro atoms. The number of benzene rings is 2. The van der Waals surface area contributed by atoms with Gasteiger partial charge < -0.3 is 24.6 Å². The van der Waals surface area contributed by atoms with Crippen molar-refractivity contribution in [2.75, 3.05) is 33.1 Å². The molecule has 0 aliphatic carbocycles. The van der Waals surface area contributed by atoms with Gasteiger partial charge in [0.25, 0.3) is 0 Å². The summed E-state index contributed by atoms with van der Waals surface area (Å²) >= 11 is 1.85. The highest BCUT2D eigenvalue weighted by molar-refractivity contribution is 8.03. The van der Waals surface area contributed by atoms with Crippen molar-refractivity contribution < 1.29 is 22.6 Å². The van der Waals surface area contributed by atoms with Gasteiger partial charge in [0.1, 0.15) is 11.5 Å². The van der Waals surface area contributed by atoms with Gasteiger partial charge in [-0.1, -0.05) is 42.1 Å². The van der Waals surface area contributed by atoms with Crippen LogP contribution in [0, 0.1) is 0 Å². The maximum absolute atomic E-state index is 12.7. The van der Waals surface area contributed by atoms with Gasteiger partial charge in [0.2, 0.25) is 0 Å². The molecule has 0 bridgehead atoms. The Morgan fingerprint density at radius 1 is 1.15 bits per heavy atom. The second-order valence-electron chi connectivity index (χ2n) is 8.26. The summed E-state index contributed by atoms with van der Waals surface area (Å²) in [6.07, 6.45) is -1.62. The van der Waals surface area contributed by atoms with Gasteiger partial charge in [0.05, 0.1) is 18.0 Å². The standard InChI is InChI=1S/C24H28F3N3O2S/c1-29-15-23(33-16-29)30-11-10-21(20(14-30)17-6-4-3-5-7-17)28-13-18-12-19(32-24(25,26)27)8-9-22(18)31-2/h3-9,12,15,20-21,28H,10-11,13-14,16H2,1-2H3. The van der Waals surface area contributed by atoms with Gasteiger partial charge in [0, 0.05) is 50.4 Å². The quantitative estimate of drug-likeness (QED) is 0.604. The molecule has 9 heteroatoms. The Kier molecular flexibility index (Phi) is 7.29. The van der Waals surface area contributed by atoms with E-state index in [2.05, 4.69) is 45.2 Å². The first-order valence-corrected chi connectivity index (χ1v) is 11.8. The number of nitrogens with one attached hydrogen (secondary N) is 1. The lowest BCUT2D eigenvalue weighted by molar-refractivity contribution is -0.274. The molecule has 5 nitrogen and oxygen atoms in total. The molecule has 0 saturated carbocycles. The molecule has 4 rings (SSSR count). The van der Waals surface area contributed by atoms with Crippen molar-refractivity contribution in [1.82, 2.24) is 15.1 Å². The molecular formula is C24H28F3N3O2S. The minimum absolute atomic E-state index is 0.172. The zero-order valence-corrected chi connectivity index (χ0v) is 19.5. The lowest BCUT2D eigenvalue weighted by Crippen LogP contribution is -2.47. The number of thioether (sulfide) groups is 1. The van der Waals surface area contributed by atoms with Crippen LogP contribution in [0.15, 0.2) is 59.8 Å². The third-order valence-electron chi connectivity index (χ3n) is 5.94. The fourth-order valence-electron chi connectivity index (χ4n) is 4.37. The highest BCUT2D eigenvalue weighted by Crippen LogP contribution is 2.35. The fourth-order valence-corrected chi connectivity index (χ4v) is 5.38. The number of ether oxygens (including phenoxy) is 2. The van der Waals surface area contributed by atoms with Crippen molar-refractivity contribution in [3.8, 4) is 11.5 Å². The van der Waals surface area contributed by atoms with E-state index in [1.54, 1.807) is 0 Å². The van der Waals surface area contributed by atoms with Gasteiger partial charge in [-0.3, -0.25) is 0 Å². The molecule has 1 N–H and O–H groups in total. The second-order valence-corrected chi connectivity index (χ2v) is 9.22. The van der Waals surface area contributed by atoms with Crippen LogP contribution in [-0.4, -0.2) is 55.3 Å². The first-order valence-electron chi connectivity index (χ1n) is 10.8. The smallest absolute Gasteiger partial charge is 0.496 e. The number of rotatable bonds is 7.